The van der Waals surface area contributed by atoms with Crippen LogP contribution in [0.15, 0.2) is 11.5 Å². The van der Waals surface area contributed by atoms with Crippen LogP contribution in [0.5, 0.6) is 0 Å². The van der Waals surface area contributed by atoms with Gasteiger partial charge in [0.25, 0.3) is 0 Å². The van der Waals surface area contributed by atoms with Crippen molar-refractivity contribution in [1.29, 1.82) is 0 Å². The number of rotatable bonds is 0. The number of sulfonamides is 1. The molecule has 0 amide bonds. The second kappa shape index (κ2) is 2.83. The van der Waals surface area contributed by atoms with Gasteiger partial charge < -0.3 is 0 Å². The zero-order valence-electron chi connectivity index (χ0n) is 7.00. The molecule has 0 aliphatic carbocycles. The molecule has 0 N–H and O–H groups in total. The van der Waals surface area contributed by atoms with Crippen molar-refractivity contribution in [2.24, 2.45) is 0 Å². The maximum Gasteiger partial charge on any atom is 0.222 e. The van der Waals surface area contributed by atoms with E-state index in [0.717, 1.165) is 4.31 Å². The van der Waals surface area contributed by atoms with Gasteiger partial charge in [-0.2, -0.15) is 4.31 Å². The van der Waals surface area contributed by atoms with E-state index in [1.807, 2.05) is 0 Å². The summed E-state index contributed by atoms with van der Waals surface area (Å²) in [4.78, 5) is 11.4. The third-order valence-corrected chi connectivity index (χ3v) is 5.72. The number of nitrogens with zero attached hydrogens (tertiary/aromatic N) is 1. The van der Waals surface area contributed by atoms with E-state index in [1.54, 1.807) is 11.5 Å². The van der Waals surface area contributed by atoms with E-state index in [2.05, 4.69) is 0 Å². The number of fused-ring (bicyclic) bond motifs is 1. The summed E-state index contributed by atoms with van der Waals surface area (Å²) in [5.74, 6) is -0.00248. The molecule has 2 aliphatic rings. The molecule has 2 aliphatic heterocycles. The van der Waals surface area contributed by atoms with Crippen LogP contribution in [-0.2, 0) is 14.8 Å². The van der Waals surface area contributed by atoms with Crippen LogP contribution in [-0.4, -0.2) is 42.6 Å². The molecule has 0 aromatic heterocycles. The number of Topliss-reactive ketones (excluding diaryl/α,β-unsaturated/α-hetero) is 1. The molecule has 0 unspecified atom stereocenters. The minimum atomic E-state index is -3.27. The minimum absolute atomic E-state index is 0.00248. The van der Waals surface area contributed by atoms with Crippen molar-refractivity contribution < 1.29 is 13.2 Å². The lowest BCUT2D eigenvalue weighted by atomic mass is 10.2. The number of thioether (sulfide) groups is 1. The van der Waals surface area contributed by atoms with E-state index in [4.69, 9.17) is 0 Å². The predicted octanol–water partition coefficient (Wildman–Crippen LogP) is -0.172. The van der Waals surface area contributed by atoms with Crippen LogP contribution in [0.4, 0.5) is 0 Å². The summed E-state index contributed by atoms with van der Waals surface area (Å²) < 4.78 is 24.4. The molecule has 0 aromatic rings. The highest BCUT2D eigenvalue weighted by Crippen LogP contribution is 2.34. The largest absolute Gasteiger partial charge is 0.297 e. The van der Waals surface area contributed by atoms with Crippen LogP contribution < -0.4 is 0 Å². The van der Waals surface area contributed by atoms with E-state index >= 15 is 0 Å². The maximum absolute atomic E-state index is 11.6. The lowest BCUT2D eigenvalue weighted by Crippen LogP contribution is -2.51. The molecule has 0 saturated carbocycles. The fraction of sp³-hybridized carbons (Fsp3) is 0.571. The predicted molar refractivity (Wildman–Crippen MR) is 50.9 cm³/mol. The summed E-state index contributed by atoms with van der Waals surface area (Å²) in [7, 11) is -1.82. The first-order chi connectivity index (χ1) is 6.03. The first-order valence-electron chi connectivity index (χ1n) is 3.83. The van der Waals surface area contributed by atoms with E-state index in [1.165, 1.54) is 18.8 Å². The highest BCUT2D eigenvalue weighted by Gasteiger charge is 2.46. The van der Waals surface area contributed by atoms with Crippen molar-refractivity contribution in [3.8, 4) is 0 Å². The van der Waals surface area contributed by atoms with Crippen LogP contribution in [0.25, 0.3) is 0 Å². The Morgan fingerprint density at radius 3 is 3.00 bits per heavy atom. The van der Waals surface area contributed by atoms with E-state index in [-0.39, 0.29) is 12.3 Å². The van der Waals surface area contributed by atoms with Crippen LogP contribution in [0, 0.1) is 0 Å². The number of hydrogen-bond donors (Lipinski definition) is 0. The van der Waals surface area contributed by atoms with Gasteiger partial charge in [-0.3, -0.25) is 4.79 Å². The molecule has 2 rings (SSSR count). The Kier molecular flexibility index (Phi) is 2.01. The third kappa shape index (κ3) is 1.24. The zero-order valence-corrected chi connectivity index (χ0v) is 8.64. The molecule has 2 heterocycles. The Morgan fingerprint density at radius 1 is 1.62 bits per heavy atom. The molecule has 0 spiro atoms. The highest BCUT2D eigenvalue weighted by molar-refractivity contribution is 8.05. The first-order valence-corrected chi connectivity index (χ1v) is 6.28. The summed E-state index contributed by atoms with van der Waals surface area (Å²) in [6, 6.07) is 0. The Labute approximate surface area is 81.0 Å². The van der Waals surface area contributed by atoms with Crippen LogP contribution in [0.1, 0.15) is 0 Å². The number of likely N-dealkylation sites (N-methyl/N-ethyl adjacent to an activating group) is 1. The molecule has 72 valence electrons. The summed E-state index contributed by atoms with van der Waals surface area (Å²) in [6.07, 6.45) is 1.60. The van der Waals surface area contributed by atoms with Gasteiger partial charge in [-0.25, -0.2) is 8.42 Å². The average Bonchev–Trinajstić information content (AvgIpc) is 2.49. The monoisotopic (exact) mass is 219 g/mol. The number of ketones is 1. The summed E-state index contributed by atoms with van der Waals surface area (Å²) >= 11 is 1.30. The van der Waals surface area contributed by atoms with Gasteiger partial charge in [-0.05, 0) is 5.41 Å². The van der Waals surface area contributed by atoms with Crippen molar-refractivity contribution in [3.63, 3.8) is 0 Å². The maximum atomic E-state index is 11.6. The molecule has 4 nitrogen and oxygen atoms in total. The quantitative estimate of drug-likeness (QED) is 0.567. The van der Waals surface area contributed by atoms with Crippen molar-refractivity contribution in [2.75, 3.05) is 13.6 Å². The Balaban J connectivity index is 2.43. The van der Waals surface area contributed by atoms with Gasteiger partial charge in [-0.15, -0.1) is 11.8 Å². The Morgan fingerprint density at radius 2 is 2.31 bits per heavy atom. The molecule has 1 fully saturated rings. The van der Waals surface area contributed by atoms with Crippen LogP contribution in [0.2, 0.25) is 0 Å². The second-order valence-electron chi connectivity index (χ2n) is 3.12. The van der Waals surface area contributed by atoms with Crippen LogP contribution in [0.3, 0.4) is 0 Å². The second-order valence-corrected chi connectivity index (χ2v) is 6.37. The first kappa shape index (κ1) is 9.23. The standard InChI is InChI=1S/C7H9NO3S2/c1-8-4-5(9)7-6(2-3-12-7)13(8,10)11/h2-3,6-7H,4H2,1H3/t6-,7-/m1/s1. The van der Waals surface area contributed by atoms with Gasteiger partial charge >= 0.3 is 0 Å². The van der Waals surface area contributed by atoms with Crippen LogP contribution >= 0.6 is 11.8 Å². The molecule has 13 heavy (non-hydrogen) atoms. The SMILES string of the molecule is CN1CC(=O)[C@H]2SC=C[C@H]2S1(=O)=O. The molecule has 6 heteroatoms. The average molecular weight is 219 g/mol. The lowest BCUT2D eigenvalue weighted by Gasteiger charge is -2.29. The molecule has 0 aromatic carbocycles. The highest BCUT2D eigenvalue weighted by atomic mass is 32.2. The van der Waals surface area contributed by atoms with E-state index in [9.17, 15) is 13.2 Å². The van der Waals surface area contributed by atoms with Gasteiger partial charge in [-0.1, -0.05) is 6.08 Å². The third-order valence-electron chi connectivity index (χ3n) is 2.27. The van der Waals surface area contributed by atoms with Gasteiger partial charge in [0, 0.05) is 7.05 Å². The lowest BCUT2D eigenvalue weighted by molar-refractivity contribution is -0.118. The van der Waals surface area contributed by atoms with Gasteiger partial charge in [0.15, 0.2) is 5.78 Å². The molecule has 1 saturated heterocycles. The minimum Gasteiger partial charge on any atom is -0.297 e. The normalized spacial score (nSPS) is 37.8. The summed E-state index contributed by atoms with van der Waals surface area (Å²) in [6.45, 7) is 0.0121. The molecule has 0 bridgehead atoms. The van der Waals surface area contributed by atoms with Crippen molar-refractivity contribution >= 4 is 27.6 Å². The molecular formula is C7H9NO3S2. The number of carbonyl (C=O) groups is 1. The van der Waals surface area contributed by atoms with Gasteiger partial charge in [0.05, 0.1) is 11.8 Å². The fourth-order valence-corrected chi connectivity index (χ4v) is 4.59. The number of hydrogen-bond acceptors (Lipinski definition) is 4. The summed E-state index contributed by atoms with van der Waals surface area (Å²) in [5, 5.41) is 0.661. The molecule has 2 atom stereocenters. The van der Waals surface area contributed by atoms with E-state index in [0.29, 0.717) is 0 Å². The van der Waals surface area contributed by atoms with Crippen molar-refractivity contribution in [3.05, 3.63) is 11.5 Å². The van der Waals surface area contributed by atoms with Gasteiger partial charge in [0.2, 0.25) is 10.0 Å². The van der Waals surface area contributed by atoms with Crippen molar-refractivity contribution in [2.45, 2.75) is 10.5 Å². The van der Waals surface area contributed by atoms with E-state index < -0.39 is 20.5 Å². The summed E-state index contributed by atoms with van der Waals surface area (Å²) in [5.41, 5.74) is 0. The Bertz CT molecular complexity index is 373. The molecule has 0 radical (unpaired) electrons. The topological polar surface area (TPSA) is 54.5 Å². The van der Waals surface area contributed by atoms with Crippen molar-refractivity contribution in [1.82, 2.24) is 4.31 Å². The fourth-order valence-electron chi connectivity index (χ4n) is 1.51. The zero-order chi connectivity index (χ0) is 9.64. The molecular weight excluding hydrogens is 210 g/mol. The number of carbonyl (C=O) groups excluding carboxylic acids is 1. The smallest absolute Gasteiger partial charge is 0.222 e. The Hall–Kier alpha value is -0.330. The van der Waals surface area contributed by atoms with Gasteiger partial charge in [0.1, 0.15) is 5.25 Å².